The molecule has 3 aromatic rings. The van der Waals surface area contributed by atoms with Crippen LogP contribution in [-0.2, 0) is 25.6 Å². The van der Waals surface area contributed by atoms with Gasteiger partial charge in [0.2, 0.25) is 0 Å². The normalized spacial score (nSPS) is 13.7. The van der Waals surface area contributed by atoms with Gasteiger partial charge in [-0.25, -0.2) is 4.98 Å². The van der Waals surface area contributed by atoms with Gasteiger partial charge in [0.25, 0.3) is 5.56 Å². The second kappa shape index (κ2) is 5.96. The minimum Gasteiger partial charge on any atom is -0.290 e. The first-order valence-electron chi connectivity index (χ1n) is 7.52. The van der Waals surface area contributed by atoms with Crippen LogP contribution in [0.2, 0.25) is 5.02 Å². The quantitative estimate of drug-likeness (QED) is 0.510. The summed E-state index contributed by atoms with van der Waals surface area (Å²) in [6.07, 6.45) is 3.27. The zero-order valence-electron chi connectivity index (χ0n) is 12.6. The van der Waals surface area contributed by atoms with Crippen molar-refractivity contribution in [2.24, 2.45) is 7.05 Å². The molecule has 1 aliphatic carbocycles. The Balaban J connectivity index is 1.69. The van der Waals surface area contributed by atoms with Crippen LogP contribution in [0.3, 0.4) is 0 Å². The van der Waals surface area contributed by atoms with Gasteiger partial charge >= 0.3 is 0 Å². The molecule has 6 heteroatoms. The Morgan fingerprint density at radius 3 is 2.87 bits per heavy atom. The Morgan fingerprint density at radius 1 is 1.30 bits per heavy atom. The van der Waals surface area contributed by atoms with Gasteiger partial charge in [0.05, 0.1) is 5.39 Å². The van der Waals surface area contributed by atoms with E-state index in [1.165, 1.54) is 16.0 Å². The average molecular weight is 363 g/mol. The van der Waals surface area contributed by atoms with E-state index in [1.807, 2.05) is 31.3 Å². The third-order valence-corrected chi connectivity index (χ3v) is 6.73. The Hall–Kier alpha value is -1.30. The lowest BCUT2D eigenvalue weighted by Gasteiger charge is -2.07. The van der Waals surface area contributed by atoms with Crippen molar-refractivity contribution in [1.82, 2.24) is 9.55 Å². The van der Waals surface area contributed by atoms with Gasteiger partial charge in [-0.1, -0.05) is 35.5 Å². The fraction of sp³-hybridized carbons (Fsp3) is 0.294. The molecule has 0 N–H and O–H groups in total. The number of benzene rings is 1. The van der Waals surface area contributed by atoms with Crippen LogP contribution in [0.25, 0.3) is 10.2 Å². The number of rotatable bonds is 3. The predicted molar refractivity (Wildman–Crippen MR) is 97.9 cm³/mol. The topological polar surface area (TPSA) is 34.9 Å². The van der Waals surface area contributed by atoms with Crippen molar-refractivity contribution in [2.45, 2.75) is 30.2 Å². The van der Waals surface area contributed by atoms with E-state index in [0.29, 0.717) is 0 Å². The Morgan fingerprint density at radius 2 is 2.09 bits per heavy atom. The molecule has 0 saturated heterocycles. The van der Waals surface area contributed by atoms with E-state index in [9.17, 15) is 4.79 Å². The lowest BCUT2D eigenvalue weighted by atomic mass is 10.2. The highest BCUT2D eigenvalue weighted by Gasteiger charge is 2.22. The van der Waals surface area contributed by atoms with Crippen LogP contribution in [0, 0.1) is 0 Å². The summed E-state index contributed by atoms with van der Waals surface area (Å²) in [4.78, 5) is 19.7. The fourth-order valence-corrected chi connectivity index (χ4v) is 5.32. The van der Waals surface area contributed by atoms with Crippen molar-refractivity contribution < 1.29 is 0 Å². The van der Waals surface area contributed by atoms with Gasteiger partial charge in [0, 0.05) is 22.7 Å². The zero-order valence-corrected chi connectivity index (χ0v) is 15.0. The molecule has 0 aliphatic heterocycles. The van der Waals surface area contributed by atoms with Crippen molar-refractivity contribution in [2.75, 3.05) is 0 Å². The largest absolute Gasteiger partial charge is 0.290 e. The van der Waals surface area contributed by atoms with Crippen LogP contribution in [0.4, 0.5) is 0 Å². The van der Waals surface area contributed by atoms with Crippen molar-refractivity contribution >= 4 is 44.9 Å². The molecule has 1 aromatic carbocycles. The van der Waals surface area contributed by atoms with Crippen LogP contribution >= 0.6 is 34.7 Å². The monoisotopic (exact) mass is 362 g/mol. The second-order valence-corrected chi connectivity index (χ2v) is 8.17. The number of hydrogen-bond donors (Lipinski definition) is 0. The number of thiophene rings is 1. The third kappa shape index (κ3) is 2.71. The van der Waals surface area contributed by atoms with Crippen molar-refractivity contribution in [3.05, 3.63) is 55.6 Å². The summed E-state index contributed by atoms with van der Waals surface area (Å²) in [5.41, 5.74) is 2.50. The van der Waals surface area contributed by atoms with Crippen LogP contribution in [0.15, 0.2) is 34.2 Å². The van der Waals surface area contributed by atoms with Gasteiger partial charge in [0.15, 0.2) is 5.16 Å². The van der Waals surface area contributed by atoms with E-state index in [0.717, 1.165) is 45.4 Å². The van der Waals surface area contributed by atoms with E-state index >= 15 is 0 Å². The molecule has 2 aromatic heterocycles. The first-order chi connectivity index (χ1) is 11.1. The molecule has 23 heavy (non-hydrogen) atoms. The predicted octanol–water partition coefficient (Wildman–Crippen LogP) is 4.43. The lowest BCUT2D eigenvalue weighted by Crippen LogP contribution is -2.20. The molecule has 4 rings (SSSR count). The SMILES string of the molecule is Cn1c(SCc2ccc(Cl)cc2)nc2sc3c(c2c1=O)CCC3. The number of aromatic nitrogens is 2. The van der Waals surface area contributed by atoms with Crippen molar-refractivity contribution in [3.63, 3.8) is 0 Å². The number of halogens is 1. The number of nitrogens with zero attached hydrogens (tertiary/aromatic N) is 2. The van der Waals surface area contributed by atoms with E-state index < -0.39 is 0 Å². The number of thioether (sulfide) groups is 1. The molecule has 0 bridgehead atoms. The first-order valence-corrected chi connectivity index (χ1v) is 9.70. The van der Waals surface area contributed by atoms with Gasteiger partial charge in [-0.2, -0.15) is 0 Å². The summed E-state index contributed by atoms with van der Waals surface area (Å²) >= 11 is 9.20. The lowest BCUT2D eigenvalue weighted by molar-refractivity contribution is 0.727. The van der Waals surface area contributed by atoms with E-state index in [2.05, 4.69) is 0 Å². The number of aryl methyl sites for hydroxylation is 2. The highest BCUT2D eigenvalue weighted by atomic mass is 35.5. The molecule has 0 amide bonds. The minimum atomic E-state index is 0.0907. The van der Waals surface area contributed by atoms with Crippen LogP contribution in [0.5, 0.6) is 0 Å². The summed E-state index contributed by atoms with van der Waals surface area (Å²) < 4.78 is 1.69. The molecule has 0 fully saturated rings. The molecule has 118 valence electrons. The molecule has 3 nitrogen and oxygen atoms in total. The van der Waals surface area contributed by atoms with Crippen LogP contribution in [0.1, 0.15) is 22.4 Å². The summed E-state index contributed by atoms with van der Waals surface area (Å²) in [5.74, 6) is 0.772. The highest BCUT2D eigenvalue weighted by Crippen LogP contribution is 2.35. The zero-order chi connectivity index (χ0) is 16.0. The maximum atomic E-state index is 12.7. The molecule has 0 unspecified atom stereocenters. The minimum absolute atomic E-state index is 0.0907. The Kier molecular flexibility index (Phi) is 3.95. The van der Waals surface area contributed by atoms with Gasteiger partial charge in [-0.3, -0.25) is 9.36 Å². The summed E-state index contributed by atoms with van der Waals surface area (Å²) in [5, 5.41) is 2.36. The van der Waals surface area contributed by atoms with Crippen LogP contribution < -0.4 is 5.56 Å². The molecular weight excluding hydrogens is 348 g/mol. The second-order valence-electron chi connectivity index (χ2n) is 5.71. The number of fused-ring (bicyclic) bond motifs is 3. The van der Waals surface area contributed by atoms with E-state index in [1.54, 1.807) is 27.7 Å². The smallest absolute Gasteiger partial charge is 0.262 e. The molecule has 2 heterocycles. The van der Waals surface area contributed by atoms with Crippen LogP contribution in [-0.4, -0.2) is 9.55 Å². The first kappa shape index (κ1) is 15.2. The van der Waals surface area contributed by atoms with E-state index in [-0.39, 0.29) is 5.56 Å². The molecule has 0 radical (unpaired) electrons. The Bertz CT molecular complexity index is 944. The summed E-state index contributed by atoms with van der Waals surface area (Å²) in [6, 6.07) is 7.78. The standard InChI is InChI=1S/C17H15ClN2OS2/c1-20-16(21)14-12-3-2-4-13(12)23-15(14)19-17(20)22-9-10-5-7-11(18)8-6-10/h5-8H,2-4,9H2,1H3. The van der Waals surface area contributed by atoms with Gasteiger partial charge < -0.3 is 0 Å². The number of hydrogen-bond acceptors (Lipinski definition) is 4. The molecule has 0 atom stereocenters. The third-order valence-electron chi connectivity index (χ3n) is 4.19. The highest BCUT2D eigenvalue weighted by molar-refractivity contribution is 7.98. The molecule has 0 saturated carbocycles. The van der Waals surface area contributed by atoms with E-state index in [4.69, 9.17) is 16.6 Å². The van der Waals surface area contributed by atoms with Gasteiger partial charge in [0.1, 0.15) is 4.83 Å². The average Bonchev–Trinajstić information content (AvgIpc) is 3.11. The summed E-state index contributed by atoms with van der Waals surface area (Å²) in [6.45, 7) is 0. The molecule has 0 spiro atoms. The fourth-order valence-electron chi connectivity index (χ4n) is 2.96. The molecular formula is C17H15ClN2OS2. The maximum absolute atomic E-state index is 12.7. The van der Waals surface area contributed by atoms with Crippen molar-refractivity contribution in [3.8, 4) is 0 Å². The Labute approximate surface area is 147 Å². The van der Waals surface area contributed by atoms with Crippen molar-refractivity contribution in [1.29, 1.82) is 0 Å². The van der Waals surface area contributed by atoms with Gasteiger partial charge in [-0.05, 0) is 42.5 Å². The maximum Gasteiger partial charge on any atom is 0.262 e. The molecule has 1 aliphatic rings. The van der Waals surface area contributed by atoms with Gasteiger partial charge in [-0.15, -0.1) is 11.3 Å². The summed E-state index contributed by atoms with van der Waals surface area (Å²) in [7, 11) is 1.82.